The Bertz CT molecular complexity index is 901. The molecule has 0 aromatic rings. The first-order chi connectivity index (χ1) is 16.6. The average Bonchev–Trinajstić information content (AvgIpc) is 3.13. The van der Waals surface area contributed by atoms with E-state index in [0.29, 0.717) is 28.8 Å². The van der Waals surface area contributed by atoms with Crippen LogP contribution in [0.2, 0.25) is 18.1 Å². The minimum Gasteiger partial charge on any atom is -0.414 e. The van der Waals surface area contributed by atoms with Crippen molar-refractivity contribution in [1.82, 2.24) is 0 Å². The molecule has 0 radical (unpaired) electrons. The van der Waals surface area contributed by atoms with Gasteiger partial charge in [-0.1, -0.05) is 97.8 Å². The molecule has 204 valence electrons. The minimum absolute atomic E-state index is 0.285. The molecule has 4 aliphatic carbocycles. The molecule has 0 heterocycles. The third-order valence-electron chi connectivity index (χ3n) is 12.3. The van der Waals surface area contributed by atoms with Crippen LogP contribution < -0.4 is 0 Å². The van der Waals surface area contributed by atoms with Crippen molar-refractivity contribution in [1.29, 1.82) is 0 Å². The molecule has 4 aliphatic rings. The molecule has 0 saturated heterocycles. The highest BCUT2D eigenvalue weighted by Gasteiger charge is 2.57. The van der Waals surface area contributed by atoms with E-state index in [1.807, 2.05) is 5.57 Å². The standard InChI is InChI=1S/C34H58OSi/c1-23(2)24(3)12-13-25(4)29-16-17-30-28-15-14-26-22-27(35-36(10,11)32(5,6)7)18-20-33(26,8)31(28)19-21-34(29,30)9/h12-15,23-25,27,29-31H,16-22H2,1-11H3/b13-12+/t24-,25+,27-,29+,30-,31?,33-,34+/m0/s1. The van der Waals surface area contributed by atoms with E-state index in [4.69, 9.17) is 4.43 Å². The largest absolute Gasteiger partial charge is 0.414 e. The molecular weight excluding hydrogens is 452 g/mol. The van der Waals surface area contributed by atoms with E-state index in [1.165, 1.54) is 38.5 Å². The quantitative estimate of drug-likeness (QED) is 0.255. The third-order valence-corrected chi connectivity index (χ3v) is 16.8. The Morgan fingerprint density at radius 1 is 0.917 bits per heavy atom. The van der Waals surface area contributed by atoms with Crippen molar-refractivity contribution in [3.63, 3.8) is 0 Å². The molecule has 1 nitrogen and oxygen atoms in total. The maximum atomic E-state index is 6.92. The molecule has 0 aromatic carbocycles. The molecule has 0 aliphatic heterocycles. The van der Waals surface area contributed by atoms with Crippen LogP contribution in [0.25, 0.3) is 0 Å². The molecule has 0 bridgehead atoms. The van der Waals surface area contributed by atoms with Crippen LogP contribution in [-0.4, -0.2) is 14.4 Å². The van der Waals surface area contributed by atoms with E-state index in [2.05, 4.69) is 99.7 Å². The molecule has 3 fully saturated rings. The molecule has 0 aromatic heterocycles. The molecule has 3 saturated carbocycles. The highest BCUT2D eigenvalue weighted by Crippen LogP contribution is 2.66. The van der Waals surface area contributed by atoms with Gasteiger partial charge in [0.05, 0.1) is 0 Å². The topological polar surface area (TPSA) is 9.23 Å². The average molecular weight is 511 g/mol. The lowest BCUT2D eigenvalue weighted by Gasteiger charge is -2.55. The van der Waals surface area contributed by atoms with Gasteiger partial charge in [0.1, 0.15) is 0 Å². The Hall–Kier alpha value is -0.603. The molecule has 8 atom stereocenters. The monoisotopic (exact) mass is 510 g/mol. The molecule has 1 unspecified atom stereocenters. The molecule has 36 heavy (non-hydrogen) atoms. The fourth-order valence-electron chi connectivity index (χ4n) is 8.27. The van der Waals surface area contributed by atoms with Crippen LogP contribution in [0.15, 0.2) is 35.5 Å². The number of rotatable bonds is 6. The van der Waals surface area contributed by atoms with Gasteiger partial charge in [0.25, 0.3) is 0 Å². The van der Waals surface area contributed by atoms with Crippen molar-refractivity contribution >= 4 is 8.32 Å². The van der Waals surface area contributed by atoms with Gasteiger partial charge in [0, 0.05) is 6.10 Å². The Morgan fingerprint density at radius 2 is 1.61 bits per heavy atom. The number of allylic oxidation sites excluding steroid dienone is 5. The van der Waals surface area contributed by atoms with Crippen LogP contribution in [0.4, 0.5) is 0 Å². The fraction of sp³-hybridized carbons (Fsp3) is 0.824. The summed E-state index contributed by atoms with van der Waals surface area (Å²) in [5.74, 6) is 4.46. The summed E-state index contributed by atoms with van der Waals surface area (Å²) in [5.41, 5.74) is 4.35. The second kappa shape index (κ2) is 9.85. The van der Waals surface area contributed by atoms with Crippen molar-refractivity contribution in [3.8, 4) is 0 Å². The van der Waals surface area contributed by atoms with E-state index in [1.54, 1.807) is 5.57 Å². The van der Waals surface area contributed by atoms with E-state index in [0.717, 1.165) is 30.1 Å². The predicted molar refractivity (Wildman–Crippen MR) is 160 cm³/mol. The Labute approximate surface area is 225 Å². The van der Waals surface area contributed by atoms with Crippen LogP contribution in [0.3, 0.4) is 0 Å². The summed E-state index contributed by atoms with van der Waals surface area (Å²) in [7, 11) is -1.72. The molecule has 4 rings (SSSR count). The Kier molecular flexibility index (Phi) is 7.78. The summed E-state index contributed by atoms with van der Waals surface area (Å²) in [6, 6.07) is 0. The van der Waals surface area contributed by atoms with Gasteiger partial charge < -0.3 is 4.43 Å². The van der Waals surface area contributed by atoms with E-state index in [9.17, 15) is 0 Å². The summed E-state index contributed by atoms with van der Waals surface area (Å²) in [6.45, 7) is 26.8. The van der Waals surface area contributed by atoms with Gasteiger partial charge >= 0.3 is 0 Å². The van der Waals surface area contributed by atoms with E-state index >= 15 is 0 Å². The van der Waals surface area contributed by atoms with Gasteiger partial charge in [-0.25, -0.2) is 0 Å². The maximum absolute atomic E-state index is 6.92. The van der Waals surface area contributed by atoms with Crippen molar-refractivity contribution in [3.05, 3.63) is 35.5 Å². The minimum atomic E-state index is -1.72. The lowest BCUT2D eigenvalue weighted by atomic mass is 9.50. The van der Waals surface area contributed by atoms with Crippen LogP contribution in [0.1, 0.15) is 107 Å². The van der Waals surface area contributed by atoms with Crippen LogP contribution in [0.5, 0.6) is 0 Å². The first kappa shape index (κ1) is 28.4. The van der Waals surface area contributed by atoms with Crippen molar-refractivity contribution in [2.75, 3.05) is 0 Å². The van der Waals surface area contributed by atoms with Gasteiger partial charge in [0.15, 0.2) is 8.32 Å². The van der Waals surface area contributed by atoms with Gasteiger partial charge in [-0.05, 0) is 109 Å². The smallest absolute Gasteiger partial charge is 0.192 e. The van der Waals surface area contributed by atoms with Gasteiger partial charge in [-0.15, -0.1) is 0 Å². The normalized spacial score (nSPS) is 38.8. The summed E-state index contributed by atoms with van der Waals surface area (Å²) in [4.78, 5) is 0. The zero-order valence-corrected chi connectivity index (χ0v) is 26.7. The first-order valence-corrected chi connectivity index (χ1v) is 18.3. The van der Waals surface area contributed by atoms with Crippen molar-refractivity contribution < 1.29 is 4.43 Å². The summed E-state index contributed by atoms with van der Waals surface area (Å²) >= 11 is 0. The molecule has 0 spiro atoms. The molecule has 0 N–H and O–H groups in total. The molecule has 2 heteroatoms. The second-order valence-corrected chi connectivity index (χ2v) is 20.5. The van der Waals surface area contributed by atoms with Gasteiger partial charge in [-0.2, -0.15) is 0 Å². The van der Waals surface area contributed by atoms with E-state index in [-0.39, 0.29) is 5.04 Å². The van der Waals surface area contributed by atoms with Gasteiger partial charge in [-0.3, -0.25) is 0 Å². The predicted octanol–water partition coefficient (Wildman–Crippen LogP) is 10.4. The Balaban J connectivity index is 1.52. The number of hydrogen-bond acceptors (Lipinski definition) is 1. The van der Waals surface area contributed by atoms with Crippen LogP contribution >= 0.6 is 0 Å². The summed E-state index contributed by atoms with van der Waals surface area (Å²) in [5, 5.41) is 0.285. The van der Waals surface area contributed by atoms with Crippen LogP contribution in [-0.2, 0) is 4.43 Å². The third kappa shape index (κ3) is 4.92. The summed E-state index contributed by atoms with van der Waals surface area (Å²) in [6.07, 6.45) is 20.0. The van der Waals surface area contributed by atoms with E-state index < -0.39 is 8.32 Å². The lowest BCUT2D eigenvalue weighted by molar-refractivity contribution is 0.0405. The van der Waals surface area contributed by atoms with Gasteiger partial charge in [0.2, 0.25) is 0 Å². The highest BCUT2D eigenvalue weighted by molar-refractivity contribution is 6.74. The second-order valence-electron chi connectivity index (χ2n) is 15.7. The molecular formula is C34H58OSi. The van der Waals surface area contributed by atoms with Crippen molar-refractivity contribution in [2.24, 2.45) is 46.3 Å². The fourth-order valence-corrected chi connectivity index (χ4v) is 9.66. The maximum Gasteiger partial charge on any atom is 0.192 e. The molecule has 0 amide bonds. The van der Waals surface area contributed by atoms with Crippen LogP contribution in [0, 0.1) is 46.3 Å². The zero-order valence-electron chi connectivity index (χ0n) is 25.7. The lowest BCUT2D eigenvalue weighted by Crippen LogP contribution is -2.49. The SMILES string of the molecule is CC(C)[C@@H](C)/C=C/[C@@H](C)[C@H]1CC[C@H]2C3=CC=C4C[C@@H](O[Si](C)(C)C(C)(C)C)CC[C@]4(C)C3CC[C@]12C. The Morgan fingerprint density at radius 3 is 2.25 bits per heavy atom. The number of fused-ring (bicyclic) bond motifs is 5. The zero-order chi connectivity index (χ0) is 26.7. The number of hydrogen-bond donors (Lipinski definition) is 0. The van der Waals surface area contributed by atoms with Crippen molar-refractivity contribution in [2.45, 2.75) is 131 Å². The summed E-state index contributed by atoms with van der Waals surface area (Å²) < 4.78 is 6.92. The highest BCUT2D eigenvalue weighted by atomic mass is 28.4. The first-order valence-electron chi connectivity index (χ1n) is 15.4.